The molecule has 1 N–H and O–H groups in total. The van der Waals surface area contributed by atoms with E-state index in [1.807, 2.05) is 30.3 Å². The second-order valence-corrected chi connectivity index (χ2v) is 11.2. The van der Waals surface area contributed by atoms with Crippen LogP contribution in [-0.4, -0.2) is 34.6 Å². The van der Waals surface area contributed by atoms with Crippen LogP contribution < -0.4 is 5.32 Å². The van der Waals surface area contributed by atoms with Crippen molar-refractivity contribution in [2.75, 3.05) is 5.75 Å². The Labute approximate surface area is 238 Å². The number of hydrogen-bond donors (Lipinski definition) is 1. The lowest BCUT2D eigenvalue weighted by Crippen LogP contribution is -2.53. The highest BCUT2D eigenvalue weighted by Gasteiger charge is 2.32. The normalized spacial score (nSPS) is 14.5. The Hall–Kier alpha value is -2.90. The molecule has 0 aliphatic heterocycles. The second kappa shape index (κ2) is 14.5. The summed E-state index contributed by atoms with van der Waals surface area (Å²) >= 11 is 7.38. The number of nitrogens with one attached hydrogen (secondary N) is 1. The minimum atomic E-state index is -0.834. The molecule has 1 atom stereocenters. The summed E-state index contributed by atoms with van der Waals surface area (Å²) in [6, 6.07) is 19.5. The highest BCUT2D eigenvalue weighted by molar-refractivity contribution is 7.99. The third-order valence-electron chi connectivity index (χ3n) is 7.05. The van der Waals surface area contributed by atoms with Gasteiger partial charge in [0.25, 0.3) is 0 Å². The molecule has 0 aromatic heterocycles. The molecule has 3 aromatic carbocycles. The predicted molar refractivity (Wildman–Crippen MR) is 153 cm³/mol. The lowest BCUT2D eigenvalue weighted by Gasteiger charge is -2.33. The van der Waals surface area contributed by atoms with Gasteiger partial charge in [0, 0.05) is 40.9 Å². The van der Waals surface area contributed by atoms with Crippen LogP contribution in [0.5, 0.6) is 0 Å². The zero-order valence-electron chi connectivity index (χ0n) is 21.8. The van der Waals surface area contributed by atoms with Crippen molar-refractivity contribution in [2.24, 2.45) is 0 Å². The van der Waals surface area contributed by atoms with E-state index < -0.39 is 17.7 Å². The molecule has 206 valence electrons. The topological polar surface area (TPSA) is 49.4 Å². The van der Waals surface area contributed by atoms with Gasteiger partial charge in [-0.1, -0.05) is 85.5 Å². The molecule has 1 aliphatic carbocycles. The minimum Gasteiger partial charge on any atom is -0.352 e. The molecule has 0 saturated heterocycles. The number of thioether (sulfide) groups is 1. The number of amides is 2. The molecule has 2 amide bonds. The summed E-state index contributed by atoms with van der Waals surface area (Å²) in [5.74, 6) is -1.25. The number of rotatable bonds is 11. The fraction of sp³-hybridized carbons (Fsp3) is 0.355. The maximum absolute atomic E-state index is 14.7. The van der Waals surface area contributed by atoms with E-state index in [0.29, 0.717) is 22.6 Å². The first-order chi connectivity index (χ1) is 18.9. The van der Waals surface area contributed by atoms with Crippen LogP contribution in [0.4, 0.5) is 8.78 Å². The monoisotopic (exact) mass is 570 g/mol. The Morgan fingerprint density at radius 3 is 2.33 bits per heavy atom. The van der Waals surface area contributed by atoms with Gasteiger partial charge in [-0.25, -0.2) is 8.78 Å². The summed E-state index contributed by atoms with van der Waals surface area (Å²) in [7, 11) is 0. The quantitative estimate of drug-likeness (QED) is 0.272. The van der Waals surface area contributed by atoms with Crippen molar-refractivity contribution in [1.82, 2.24) is 10.2 Å². The molecule has 0 spiro atoms. The van der Waals surface area contributed by atoms with Crippen molar-refractivity contribution in [3.05, 3.63) is 106 Å². The summed E-state index contributed by atoms with van der Waals surface area (Å²) in [6.07, 6.45) is 5.38. The first-order valence-corrected chi connectivity index (χ1v) is 14.8. The maximum atomic E-state index is 14.7. The first kappa shape index (κ1) is 29.1. The Morgan fingerprint density at radius 1 is 0.923 bits per heavy atom. The van der Waals surface area contributed by atoms with Gasteiger partial charge in [0.15, 0.2) is 0 Å². The van der Waals surface area contributed by atoms with E-state index in [-0.39, 0.29) is 35.9 Å². The third kappa shape index (κ3) is 8.29. The Morgan fingerprint density at radius 2 is 1.62 bits per heavy atom. The summed E-state index contributed by atoms with van der Waals surface area (Å²) in [6.45, 7) is -0.0535. The summed E-state index contributed by atoms with van der Waals surface area (Å²) < 4.78 is 29.0. The smallest absolute Gasteiger partial charge is 0.243 e. The van der Waals surface area contributed by atoms with Crippen LogP contribution in [0.15, 0.2) is 72.8 Å². The lowest BCUT2D eigenvalue weighted by molar-refractivity contribution is -0.139. The SMILES string of the molecule is O=C(NC1CCCCC1)C(Cc1ccccc1)N(Cc1ccccc1F)C(=O)CSCc1c(F)cccc1Cl. The van der Waals surface area contributed by atoms with Gasteiger partial charge in [0.1, 0.15) is 17.7 Å². The molecule has 4 nitrogen and oxygen atoms in total. The molecular weight excluding hydrogens is 538 g/mol. The van der Waals surface area contributed by atoms with Crippen molar-refractivity contribution in [3.63, 3.8) is 0 Å². The van der Waals surface area contributed by atoms with Crippen LogP contribution in [0, 0.1) is 11.6 Å². The first-order valence-electron chi connectivity index (χ1n) is 13.3. The van der Waals surface area contributed by atoms with Gasteiger partial charge >= 0.3 is 0 Å². The largest absolute Gasteiger partial charge is 0.352 e. The van der Waals surface area contributed by atoms with E-state index in [1.165, 1.54) is 34.9 Å². The van der Waals surface area contributed by atoms with Gasteiger partial charge in [-0.15, -0.1) is 11.8 Å². The van der Waals surface area contributed by atoms with Crippen LogP contribution in [0.3, 0.4) is 0 Å². The van der Waals surface area contributed by atoms with Gasteiger partial charge in [-0.05, 0) is 36.6 Å². The summed E-state index contributed by atoms with van der Waals surface area (Å²) in [5.41, 5.74) is 1.56. The van der Waals surface area contributed by atoms with Crippen LogP contribution >= 0.6 is 23.4 Å². The molecule has 1 fully saturated rings. The van der Waals surface area contributed by atoms with Crippen LogP contribution in [0.25, 0.3) is 0 Å². The number of carbonyl (C=O) groups is 2. The third-order valence-corrected chi connectivity index (χ3v) is 8.35. The summed E-state index contributed by atoms with van der Waals surface area (Å²) in [4.78, 5) is 28.9. The van der Waals surface area contributed by atoms with Crippen LogP contribution in [0.1, 0.15) is 48.8 Å². The van der Waals surface area contributed by atoms with Crippen molar-refractivity contribution >= 4 is 35.2 Å². The molecule has 3 aromatic rings. The molecule has 0 bridgehead atoms. The van der Waals surface area contributed by atoms with Crippen molar-refractivity contribution in [3.8, 4) is 0 Å². The van der Waals surface area contributed by atoms with Crippen LogP contribution in [-0.2, 0) is 28.3 Å². The Bertz CT molecular complexity index is 1230. The van der Waals surface area contributed by atoms with Crippen molar-refractivity contribution in [1.29, 1.82) is 0 Å². The Balaban J connectivity index is 1.59. The molecule has 4 rings (SSSR count). The van der Waals surface area contributed by atoms with Crippen molar-refractivity contribution < 1.29 is 18.4 Å². The van der Waals surface area contributed by atoms with E-state index in [9.17, 15) is 18.4 Å². The zero-order chi connectivity index (χ0) is 27.6. The molecule has 1 saturated carbocycles. The van der Waals surface area contributed by atoms with Crippen molar-refractivity contribution in [2.45, 2.75) is 62.9 Å². The van der Waals surface area contributed by atoms with Gasteiger partial charge in [-0.2, -0.15) is 0 Å². The maximum Gasteiger partial charge on any atom is 0.243 e. The number of nitrogens with zero attached hydrogens (tertiary/aromatic N) is 1. The molecule has 39 heavy (non-hydrogen) atoms. The molecule has 0 radical (unpaired) electrons. The van der Waals surface area contributed by atoms with E-state index in [0.717, 1.165) is 37.7 Å². The molecule has 1 aliphatic rings. The second-order valence-electron chi connectivity index (χ2n) is 9.86. The number of halogens is 3. The van der Waals surface area contributed by atoms with Crippen LogP contribution in [0.2, 0.25) is 5.02 Å². The highest BCUT2D eigenvalue weighted by atomic mass is 35.5. The molecular formula is C31H33ClF2N2O2S. The van der Waals surface area contributed by atoms with Gasteiger partial charge in [-0.3, -0.25) is 9.59 Å². The molecule has 0 heterocycles. The number of carbonyl (C=O) groups excluding carboxylic acids is 2. The summed E-state index contributed by atoms with van der Waals surface area (Å²) in [5, 5.41) is 3.47. The van der Waals surface area contributed by atoms with E-state index in [4.69, 9.17) is 11.6 Å². The van der Waals surface area contributed by atoms with Gasteiger partial charge < -0.3 is 10.2 Å². The molecule has 8 heteroatoms. The lowest BCUT2D eigenvalue weighted by atomic mass is 9.94. The Kier molecular flexibility index (Phi) is 10.8. The highest BCUT2D eigenvalue weighted by Crippen LogP contribution is 2.25. The van der Waals surface area contributed by atoms with E-state index in [2.05, 4.69) is 5.32 Å². The fourth-order valence-corrected chi connectivity index (χ4v) is 6.15. The number of benzene rings is 3. The van der Waals surface area contributed by atoms with Gasteiger partial charge in [0.2, 0.25) is 11.8 Å². The van der Waals surface area contributed by atoms with Gasteiger partial charge in [0.05, 0.1) is 5.75 Å². The average Bonchev–Trinajstić information content (AvgIpc) is 2.94. The average molecular weight is 571 g/mol. The van der Waals surface area contributed by atoms with E-state index >= 15 is 0 Å². The molecule has 1 unspecified atom stereocenters. The van der Waals surface area contributed by atoms with E-state index in [1.54, 1.807) is 24.3 Å². The fourth-order valence-electron chi connectivity index (χ4n) is 4.90. The number of hydrogen-bond acceptors (Lipinski definition) is 3. The minimum absolute atomic E-state index is 0.0128. The zero-order valence-corrected chi connectivity index (χ0v) is 23.3. The predicted octanol–water partition coefficient (Wildman–Crippen LogP) is 6.94. The standard InChI is InChI=1S/C31H33ClF2N2O2S/c32-26-15-9-17-28(34)25(26)20-39-21-30(37)36(19-23-12-7-8-16-27(23)33)29(18-22-10-3-1-4-11-22)31(38)35-24-13-5-2-6-14-24/h1,3-4,7-12,15-17,24,29H,2,5-6,13-14,18-21H2,(H,35,38).